The molecule has 2 unspecified atom stereocenters. The van der Waals surface area contributed by atoms with E-state index in [-0.39, 0.29) is 5.91 Å². The van der Waals surface area contributed by atoms with E-state index in [9.17, 15) is 4.79 Å². The Hall–Kier alpha value is -1.36. The van der Waals surface area contributed by atoms with E-state index in [1.807, 2.05) is 18.9 Å². The van der Waals surface area contributed by atoms with E-state index in [1.54, 1.807) is 10.9 Å². The number of nitrogens with one attached hydrogen (secondary N) is 1. The van der Waals surface area contributed by atoms with Gasteiger partial charge in [-0.15, -0.1) is 0 Å². The molecule has 1 aromatic heterocycles. The first-order valence-electron chi connectivity index (χ1n) is 7.05. The van der Waals surface area contributed by atoms with Crippen molar-refractivity contribution in [3.63, 3.8) is 0 Å². The van der Waals surface area contributed by atoms with Crippen molar-refractivity contribution >= 4 is 5.91 Å². The maximum Gasteiger partial charge on any atom is 0.257 e. The summed E-state index contributed by atoms with van der Waals surface area (Å²) >= 11 is 0. The van der Waals surface area contributed by atoms with E-state index in [0.717, 1.165) is 37.3 Å². The largest absolute Gasteiger partial charge is 0.338 e. The van der Waals surface area contributed by atoms with Gasteiger partial charge in [-0.05, 0) is 25.8 Å². The van der Waals surface area contributed by atoms with Crippen molar-refractivity contribution in [2.75, 3.05) is 19.6 Å². The van der Waals surface area contributed by atoms with Crippen molar-refractivity contribution in [1.29, 1.82) is 0 Å². The summed E-state index contributed by atoms with van der Waals surface area (Å²) in [4.78, 5) is 14.5. The molecule has 0 aromatic carbocycles. The molecule has 2 atom stereocenters. The van der Waals surface area contributed by atoms with Crippen molar-refractivity contribution in [2.45, 2.75) is 33.2 Å². The summed E-state index contributed by atoms with van der Waals surface area (Å²) in [5.41, 5.74) is 1.67. The first-order chi connectivity index (χ1) is 9.04. The molecule has 1 aromatic rings. The van der Waals surface area contributed by atoms with Crippen LogP contribution in [-0.2, 0) is 7.05 Å². The highest BCUT2D eigenvalue weighted by Crippen LogP contribution is 2.19. The van der Waals surface area contributed by atoms with Crippen molar-refractivity contribution < 1.29 is 4.79 Å². The number of hydrogen-bond donors (Lipinski definition) is 1. The van der Waals surface area contributed by atoms with E-state index in [0.29, 0.717) is 12.0 Å². The van der Waals surface area contributed by atoms with E-state index < -0.39 is 0 Å². The van der Waals surface area contributed by atoms with Gasteiger partial charge in [0.05, 0.1) is 11.8 Å². The predicted octanol–water partition coefficient (Wildman–Crippen LogP) is 1.19. The molecule has 0 saturated carbocycles. The topological polar surface area (TPSA) is 50.2 Å². The summed E-state index contributed by atoms with van der Waals surface area (Å²) in [5.74, 6) is 0.613. The van der Waals surface area contributed by atoms with Crippen LogP contribution in [0.5, 0.6) is 0 Å². The Kier molecular flexibility index (Phi) is 4.24. The van der Waals surface area contributed by atoms with Gasteiger partial charge >= 0.3 is 0 Å². The molecule has 5 nitrogen and oxygen atoms in total. The summed E-state index contributed by atoms with van der Waals surface area (Å²) in [6.45, 7) is 8.92. The fourth-order valence-corrected chi connectivity index (χ4v) is 2.77. The molecule has 2 rings (SSSR count). The normalized spacial score (nSPS) is 23.7. The summed E-state index contributed by atoms with van der Waals surface area (Å²) in [6.07, 6.45) is 2.71. The lowest BCUT2D eigenvalue weighted by Crippen LogP contribution is -2.50. The van der Waals surface area contributed by atoms with Crippen LogP contribution in [0.3, 0.4) is 0 Å². The smallest absolute Gasteiger partial charge is 0.257 e. The summed E-state index contributed by atoms with van der Waals surface area (Å²) in [5, 5.41) is 7.65. The molecule has 0 spiro atoms. The second-order valence-corrected chi connectivity index (χ2v) is 5.45. The van der Waals surface area contributed by atoms with Crippen molar-refractivity contribution in [3.05, 3.63) is 17.5 Å². The molecule has 1 N–H and O–H groups in total. The van der Waals surface area contributed by atoms with Gasteiger partial charge in [-0.25, -0.2) is 0 Å². The van der Waals surface area contributed by atoms with Gasteiger partial charge in [0.15, 0.2) is 0 Å². The van der Waals surface area contributed by atoms with Gasteiger partial charge in [0.1, 0.15) is 0 Å². The van der Waals surface area contributed by atoms with Gasteiger partial charge in [-0.2, -0.15) is 5.10 Å². The van der Waals surface area contributed by atoms with Gasteiger partial charge in [-0.1, -0.05) is 13.8 Å². The molecule has 1 aliphatic rings. The average molecular weight is 264 g/mol. The van der Waals surface area contributed by atoms with E-state index in [4.69, 9.17) is 0 Å². The number of aromatic nitrogens is 2. The molecule has 0 radical (unpaired) electrons. The third-order valence-electron chi connectivity index (χ3n) is 4.12. The van der Waals surface area contributed by atoms with Crippen LogP contribution in [0, 0.1) is 12.8 Å². The summed E-state index contributed by atoms with van der Waals surface area (Å²) in [7, 11) is 1.87. The van der Waals surface area contributed by atoms with Crippen LogP contribution in [0.2, 0.25) is 0 Å². The maximum atomic E-state index is 12.5. The third-order valence-corrected chi connectivity index (χ3v) is 4.12. The minimum atomic E-state index is 0.118. The molecular weight excluding hydrogens is 240 g/mol. The Balaban J connectivity index is 2.04. The second kappa shape index (κ2) is 5.74. The number of aryl methyl sites for hydroxylation is 1. The Morgan fingerprint density at radius 1 is 1.58 bits per heavy atom. The maximum absolute atomic E-state index is 12.5. The lowest BCUT2D eigenvalue weighted by molar-refractivity contribution is 0.0645. The Morgan fingerprint density at radius 2 is 2.32 bits per heavy atom. The molecule has 1 amide bonds. The number of hydrogen-bond acceptors (Lipinski definition) is 3. The molecular formula is C14H24N4O. The number of carbonyl (C=O) groups excluding carboxylic acids is 1. The highest BCUT2D eigenvalue weighted by molar-refractivity contribution is 5.95. The quantitative estimate of drug-likeness (QED) is 0.892. The lowest BCUT2D eigenvalue weighted by atomic mass is 9.93. The number of rotatable bonds is 3. The SMILES string of the molecule is CCNC1CCN(C(=O)c2cnn(C)c2C)CC1C. The van der Waals surface area contributed by atoms with Crippen LogP contribution in [0.1, 0.15) is 36.3 Å². The average Bonchev–Trinajstić information content (AvgIpc) is 2.72. The van der Waals surface area contributed by atoms with Crippen LogP contribution in [0.4, 0.5) is 0 Å². The highest BCUT2D eigenvalue weighted by Gasteiger charge is 2.29. The molecule has 1 fully saturated rings. The lowest BCUT2D eigenvalue weighted by Gasteiger charge is -2.37. The molecule has 0 aliphatic carbocycles. The number of likely N-dealkylation sites (tertiary alicyclic amines) is 1. The first-order valence-corrected chi connectivity index (χ1v) is 7.05. The molecule has 1 aliphatic heterocycles. The monoisotopic (exact) mass is 264 g/mol. The second-order valence-electron chi connectivity index (χ2n) is 5.45. The Morgan fingerprint density at radius 3 is 2.84 bits per heavy atom. The zero-order chi connectivity index (χ0) is 14.0. The fraction of sp³-hybridized carbons (Fsp3) is 0.714. The Bertz CT molecular complexity index is 454. The van der Waals surface area contributed by atoms with Crippen molar-refractivity contribution in [3.8, 4) is 0 Å². The number of nitrogens with zero attached hydrogens (tertiary/aromatic N) is 3. The zero-order valence-electron chi connectivity index (χ0n) is 12.3. The van der Waals surface area contributed by atoms with Crippen LogP contribution in [0.25, 0.3) is 0 Å². The van der Waals surface area contributed by atoms with Gasteiger partial charge in [0.25, 0.3) is 5.91 Å². The molecule has 2 heterocycles. The van der Waals surface area contributed by atoms with Crippen LogP contribution in [-0.4, -0.2) is 46.3 Å². The highest BCUT2D eigenvalue weighted by atomic mass is 16.2. The number of amides is 1. The minimum Gasteiger partial charge on any atom is -0.338 e. The van der Waals surface area contributed by atoms with E-state index in [1.165, 1.54) is 0 Å². The minimum absolute atomic E-state index is 0.118. The van der Waals surface area contributed by atoms with E-state index >= 15 is 0 Å². The van der Waals surface area contributed by atoms with Crippen LogP contribution < -0.4 is 5.32 Å². The van der Waals surface area contributed by atoms with Gasteiger partial charge in [-0.3, -0.25) is 9.48 Å². The van der Waals surface area contributed by atoms with Gasteiger partial charge < -0.3 is 10.2 Å². The van der Waals surface area contributed by atoms with Gasteiger partial charge in [0.2, 0.25) is 0 Å². The first kappa shape index (κ1) is 14.1. The number of carbonyl (C=O) groups is 1. The zero-order valence-corrected chi connectivity index (χ0v) is 12.3. The fourth-order valence-electron chi connectivity index (χ4n) is 2.77. The third kappa shape index (κ3) is 2.81. The van der Waals surface area contributed by atoms with Crippen LogP contribution in [0.15, 0.2) is 6.20 Å². The van der Waals surface area contributed by atoms with E-state index in [2.05, 4.69) is 24.3 Å². The standard InChI is InChI=1S/C14H24N4O/c1-5-15-13-6-7-18(9-10(13)2)14(19)12-8-16-17(4)11(12)3/h8,10,13,15H,5-7,9H2,1-4H3. The predicted molar refractivity (Wildman–Crippen MR) is 75.1 cm³/mol. The molecule has 0 bridgehead atoms. The van der Waals surface area contributed by atoms with Crippen molar-refractivity contribution in [2.24, 2.45) is 13.0 Å². The molecule has 106 valence electrons. The number of piperidine rings is 1. The van der Waals surface area contributed by atoms with Crippen molar-refractivity contribution in [1.82, 2.24) is 20.0 Å². The molecule has 19 heavy (non-hydrogen) atoms. The Labute approximate surface area is 115 Å². The van der Waals surface area contributed by atoms with Crippen LogP contribution >= 0.6 is 0 Å². The summed E-state index contributed by atoms with van der Waals surface area (Å²) < 4.78 is 1.75. The summed E-state index contributed by atoms with van der Waals surface area (Å²) in [6, 6.07) is 0.532. The molecule has 5 heteroatoms. The molecule has 1 saturated heterocycles. The van der Waals surface area contributed by atoms with Gasteiger partial charge in [0, 0.05) is 31.9 Å².